The van der Waals surface area contributed by atoms with E-state index >= 15 is 0 Å². The molecule has 0 radical (unpaired) electrons. The second kappa shape index (κ2) is 7.81. The van der Waals surface area contributed by atoms with E-state index in [1.54, 1.807) is 7.11 Å². The van der Waals surface area contributed by atoms with E-state index < -0.39 is 0 Å². The van der Waals surface area contributed by atoms with Gasteiger partial charge in [-0.3, -0.25) is 9.69 Å². The molecule has 2 aromatic carbocycles. The van der Waals surface area contributed by atoms with Crippen molar-refractivity contribution in [1.82, 2.24) is 9.80 Å². The van der Waals surface area contributed by atoms with Crippen molar-refractivity contribution in [3.05, 3.63) is 64.1 Å². The Kier molecular flexibility index (Phi) is 5.53. The van der Waals surface area contributed by atoms with Gasteiger partial charge in [0.15, 0.2) is 0 Å². The number of rotatable bonds is 4. The van der Waals surface area contributed by atoms with Crippen molar-refractivity contribution >= 4 is 21.8 Å². The van der Waals surface area contributed by atoms with Gasteiger partial charge in [0.2, 0.25) is 0 Å². The lowest BCUT2D eigenvalue weighted by Crippen LogP contribution is -2.48. The van der Waals surface area contributed by atoms with Gasteiger partial charge in [0.05, 0.1) is 7.11 Å². The molecule has 0 atom stereocenters. The number of halogens is 1. The van der Waals surface area contributed by atoms with Gasteiger partial charge in [-0.05, 0) is 35.9 Å². The van der Waals surface area contributed by atoms with Gasteiger partial charge < -0.3 is 9.64 Å². The first-order valence-electron chi connectivity index (χ1n) is 8.06. The summed E-state index contributed by atoms with van der Waals surface area (Å²) < 4.78 is 6.28. The Balaban J connectivity index is 1.56. The van der Waals surface area contributed by atoms with Crippen LogP contribution in [0.15, 0.2) is 53.0 Å². The smallest absolute Gasteiger partial charge is 0.253 e. The van der Waals surface area contributed by atoms with Gasteiger partial charge in [-0.15, -0.1) is 0 Å². The quantitative estimate of drug-likeness (QED) is 0.804. The average molecular weight is 389 g/mol. The van der Waals surface area contributed by atoms with Gasteiger partial charge in [-0.25, -0.2) is 0 Å². The molecule has 0 aromatic heterocycles. The van der Waals surface area contributed by atoms with Crippen LogP contribution in [0.25, 0.3) is 0 Å². The molecule has 1 aliphatic heterocycles. The summed E-state index contributed by atoms with van der Waals surface area (Å²) >= 11 is 3.60. The highest BCUT2D eigenvalue weighted by atomic mass is 79.9. The fourth-order valence-corrected chi connectivity index (χ4v) is 3.30. The SMILES string of the molecule is COc1ccc(C(=O)N2CCN(Cc3ccccc3Br)CC2)cc1. The lowest BCUT2D eigenvalue weighted by Gasteiger charge is -2.35. The van der Waals surface area contributed by atoms with Gasteiger partial charge in [-0.1, -0.05) is 34.1 Å². The normalized spacial score (nSPS) is 15.3. The molecule has 0 unspecified atom stereocenters. The number of hydrogen-bond acceptors (Lipinski definition) is 3. The van der Waals surface area contributed by atoms with Crippen molar-refractivity contribution in [2.75, 3.05) is 33.3 Å². The highest BCUT2D eigenvalue weighted by Gasteiger charge is 2.22. The number of piperazine rings is 1. The highest BCUT2D eigenvalue weighted by Crippen LogP contribution is 2.19. The maximum Gasteiger partial charge on any atom is 0.253 e. The fraction of sp³-hybridized carbons (Fsp3) is 0.316. The van der Waals surface area contributed by atoms with Crippen molar-refractivity contribution in [2.45, 2.75) is 6.54 Å². The zero-order valence-electron chi connectivity index (χ0n) is 13.7. The van der Waals surface area contributed by atoms with E-state index in [1.807, 2.05) is 35.2 Å². The van der Waals surface area contributed by atoms with Crippen LogP contribution in [0.5, 0.6) is 5.75 Å². The third-order valence-electron chi connectivity index (χ3n) is 4.35. The molecule has 24 heavy (non-hydrogen) atoms. The lowest BCUT2D eigenvalue weighted by atomic mass is 10.1. The summed E-state index contributed by atoms with van der Waals surface area (Å²) in [5.41, 5.74) is 2.00. The minimum absolute atomic E-state index is 0.0956. The molecular weight excluding hydrogens is 368 g/mol. The molecule has 0 bridgehead atoms. The summed E-state index contributed by atoms with van der Waals surface area (Å²) in [5, 5.41) is 0. The summed E-state index contributed by atoms with van der Waals surface area (Å²) in [6.07, 6.45) is 0. The second-order valence-corrected chi connectivity index (χ2v) is 6.74. The molecule has 1 amide bonds. The van der Waals surface area contributed by atoms with Crippen LogP contribution in [0.4, 0.5) is 0 Å². The number of amides is 1. The van der Waals surface area contributed by atoms with Gasteiger partial charge in [0.1, 0.15) is 5.75 Å². The number of benzene rings is 2. The van der Waals surface area contributed by atoms with Gasteiger partial charge in [-0.2, -0.15) is 0 Å². The topological polar surface area (TPSA) is 32.8 Å². The van der Waals surface area contributed by atoms with Crippen LogP contribution in [0.3, 0.4) is 0 Å². The molecule has 0 aliphatic carbocycles. The third kappa shape index (κ3) is 3.97. The number of carbonyl (C=O) groups is 1. The Morgan fingerprint density at radius 3 is 2.33 bits per heavy atom. The number of methoxy groups -OCH3 is 1. The van der Waals surface area contributed by atoms with Crippen LogP contribution in [-0.4, -0.2) is 49.0 Å². The fourth-order valence-electron chi connectivity index (χ4n) is 2.89. The summed E-state index contributed by atoms with van der Waals surface area (Å²) in [6.45, 7) is 4.21. The third-order valence-corrected chi connectivity index (χ3v) is 5.12. The first-order valence-corrected chi connectivity index (χ1v) is 8.86. The zero-order valence-corrected chi connectivity index (χ0v) is 15.3. The van der Waals surface area contributed by atoms with E-state index in [0.29, 0.717) is 0 Å². The molecule has 5 heteroatoms. The summed E-state index contributed by atoms with van der Waals surface area (Å²) in [6, 6.07) is 15.6. The van der Waals surface area contributed by atoms with Crippen molar-refractivity contribution in [2.24, 2.45) is 0 Å². The molecule has 1 heterocycles. The van der Waals surface area contributed by atoms with E-state index in [1.165, 1.54) is 5.56 Å². The van der Waals surface area contributed by atoms with Crippen LogP contribution in [0, 0.1) is 0 Å². The minimum atomic E-state index is 0.0956. The van der Waals surface area contributed by atoms with Crippen LogP contribution in [0.1, 0.15) is 15.9 Å². The van der Waals surface area contributed by atoms with Gasteiger partial charge in [0, 0.05) is 42.8 Å². The Morgan fingerprint density at radius 2 is 1.71 bits per heavy atom. The predicted molar refractivity (Wildman–Crippen MR) is 98.3 cm³/mol. The van der Waals surface area contributed by atoms with E-state index in [4.69, 9.17) is 4.74 Å². The predicted octanol–water partition coefficient (Wildman–Crippen LogP) is 3.42. The molecule has 4 nitrogen and oxygen atoms in total. The van der Waals surface area contributed by atoms with E-state index in [-0.39, 0.29) is 5.91 Å². The Labute approximate surface area is 151 Å². The van der Waals surface area contributed by atoms with Crippen molar-refractivity contribution in [1.29, 1.82) is 0 Å². The zero-order chi connectivity index (χ0) is 16.9. The minimum Gasteiger partial charge on any atom is -0.497 e. The van der Waals surface area contributed by atoms with Crippen LogP contribution in [0.2, 0.25) is 0 Å². The first-order chi connectivity index (χ1) is 11.7. The molecule has 0 spiro atoms. The molecule has 1 saturated heterocycles. The maximum absolute atomic E-state index is 12.6. The number of hydrogen-bond donors (Lipinski definition) is 0. The number of carbonyl (C=O) groups excluding carboxylic acids is 1. The van der Waals surface area contributed by atoms with Crippen molar-refractivity contribution in [3.8, 4) is 5.75 Å². The molecule has 0 N–H and O–H groups in total. The molecule has 126 valence electrons. The standard InChI is InChI=1S/C19H21BrN2O2/c1-24-17-8-6-15(7-9-17)19(23)22-12-10-21(11-13-22)14-16-4-2-3-5-18(16)20/h2-9H,10-14H2,1H3. The Morgan fingerprint density at radius 1 is 1.04 bits per heavy atom. The molecule has 2 aromatic rings. The maximum atomic E-state index is 12.6. The number of nitrogens with zero attached hydrogens (tertiary/aromatic N) is 2. The monoisotopic (exact) mass is 388 g/mol. The Hall–Kier alpha value is -1.85. The van der Waals surface area contributed by atoms with Crippen molar-refractivity contribution < 1.29 is 9.53 Å². The summed E-state index contributed by atoms with van der Waals surface area (Å²) in [7, 11) is 1.63. The van der Waals surface area contributed by atoms with E-state index in [2.05, 4.69) is 39.0 Å². The molecule has 1 fully saturated rings. The molecular formula is C19H21BrN2O2. The van der Waals surface area contributed by atoms with Crippen LogP contribution < -0.4 is 4.74 Å². The molecule has 0 saturated carbocycles. The van der Waals surface area contributed by atoms with E-state index in [9.17, 15) is 4.79 Å². The van der Waals surface area contributed by atoms with Crippen LogP contribution >= 0.6 is 15.9 Å². The lowest BCUT2D eigenvalue weighted by molar-refractivity contribution is 0.0628. The second-order valence-electron chi connectivity index (χ2n) is 5.89. The van der Waals surface area contributed by atoms with E-state index in [0.717, 1.165) is 48.5 Å². The molecule has 1 aliphatic rings. The van der Waals surface area contributed by atoms with Crippen LogP contribution in [-0.2, 0) is 6.54 Å². The summed E-state index contributed by atoms with van der Waals surface area (Å²) in [4.78, 5) is 16.9. The number of ether oxygens (including phenoxy) is 1. The average Bonchev–Trinajstić information content (AvgIpc) is 2.64. The first kappa shape index (κ1) is 17.0. The van der Waals surface area contributed by atoms with Gasteiger partial charge in [0.25, 0.3) is 5.91 Å². The largest absolute Gasteiger partial charge is 0.497 e. The van der Waals surface area contributed by atoms with Gasteiger partial charge >= 0.3 is 0 Å². The highest BCUT2D eigenvalue weighted by molar-refractivity contribution is 9.10. The summed E-state index contributed by atoms with van der Waals surface area (Å²) in [5.74, 6) is 0.864. The molecule has 3 rings (SSSR count). The van der Waals surface area contributed by atoms with Crippen molar-refractivity contribution in [3.63, 3.8) is 0 Å². The Bertz CT molecular complexity index is 695.